The first-order chi connectivity index (χ1) is 5.48. The zero-order chi connectivity index (χ0) is 9.35. The number of halogens is 1. The van der Waals surface area contributed by atoms with Gasteiger partial charge in [-0.1, -0.05) is 22.6 Å². The normalized spacial score (nSPS) is 34.9. The maximum atomic E-state index is 10.7. The molecule has 0 spiro atoms. The van der Waals surface area contributed by atoms with Crippen molar-refractivity contribution in [3.8, 4) is 0 Å². The van der Waals surface area contributed by atoms with Crippen LogP contribution in [-0.4, -0.2) is 25.5 Å². The maximum Gasteiger partial charge on any atom is 0.326 e. The first-order valence-corrected chi connectivity index (χ1v) is 4.62. The van der Waals surface area contributed by atoms with Crippen LogP contribution in [0.15, 0.2) is 0 Å². The van der Waals surface area contributed by atoms with Gasteiger partial charge in [-0.3, -0.25) is 14.9 Å². The molecule has 0 aromatic carbocycles. The molecule has 0 aromatic heterocycles. The van der Waals surface area contributed by atoms with Gasteiger partial charge in [0.05, 0.1) is 0 Å². The number of hydrogen-bond donors (Lipinski definition) is 1. The molecule has 0 heterocycles. The van der Waals surface area contributed by atoms with Crippen LogP contribution in [0.4, 0.5) is 0 Å². The van der Waals surface area contributed by atoms with Crippen LogP contribution in [0.2, 0.25) is 0 Å². The lowest BCUT2D eigenvalue weighted by atomic mass is 10.1. The lowest BCUT2D eigenvalue weighted by Crippen LogP contribution is -2.43. The zero-order valence-electron chi connectivity index (χ0n) is 6.20. The maximum absolute atomic E-state index is 10.7. The molecule has 1 rings (SSSR count). The summed E-state index contributed by atoms with van der Waals surface area (Å²) < 4.78 is -1.18. The van der Waals surface area contributed by atoms with Crippen molar-refractivity contribution in [3.63, 3.8) is 0 Å². The summed E-state index contributed by atoms with van der Waals surface area (Å²) in [7, 11) is 0. The second-order valence-electron chi connectivity index (χ2n) is 2.86. The molecule has 6 heteroatoms. The van der Waals surface area contributed by atoms with E-state index < -0.39 is 20.4 Å². The molecule has 1 fully saturated rings. The van der Waals surface area contributed by atoms with Gasteiger partial charge in [0.1, 0.15) is 0 Å². The summed E-state index contributed by atoms with van der Waals surface area (Å²) >= 11 is 1.69. The van der Waals surface area contributed by atoms with Gasteiger partial charge < -0.3 is 5.11 Å². The molecule has 0 bridgehead atoms. The number of carboxylic acids is 1. The van der Waals surface area contributed by atoms with E-state index in [9.17, 15) is 14.9 Å². The van der Waals surface area contributed by atoms with Crippen LogP contribution in [0.5, 0.6) is 0 Å². The summed E-state index contributed by atoms with van der Waals surface area (Å²) in [5.41, 5.74) is 0. The Kier molecular flexibility index (Phi) is 2.55. The Morgan fingerprint density at radius 1 is 1.75 bits per heavy atom. The summed E-state index contributed by atoms with van der Waals surface area (Å²) in [4.78, 5) is 20.7. The minimum absolute atomic E-state index is 0.377. The Morgan fingerprint density at radius 3 is 2.67 bits per heavy atom. The second-order valence-corrected chi connectivity index (χ2v) is 4.79. The predicted molar refractivity (Wildman–Crippen MR) is 49.0 cm³/mol. The molecule has 1 aliphatic rings. The van der Waals surface area contributed by atoms with Gasteiger partial charge in [0, 0.05) is 11.3 Å². The van der Waals surface area contributed by atoms with Crippen LogP contribution in [-0.2, 0) is 4.79 Å². The van der Waals surface area contributed by atoms with E-state index in [-0.39, 0.29) is 0 Å². The summed E-state index contributed by atoms with van der Waals surface area (Å²) in [6.07, 6.45) is 1.40. The van der Waals surface area contributed by atoms with Crippen molar-refractivity contribution in [2.24, 2.45) is 0 Å². The molecule has 2 atom stereocenters. The van der Waals surface area contributed by atoms with Gasteiger partial charge in [-0.2, -0.15) is 0 Å². The molecule has 1 N–H and O–H groups in total. The van der Waals surface area contributed by atoms with Gasteiger partial charge in [-0.05, 0) is 12.8 Å². The van der Waals surface area contributed by atoms with E-state index in [2.05, 4.69) is 0 Å². The van der Waals surface area contributed by atoms with Gasteiger partial charge in [-0.25, -0.2) is 0 Å². The fourth-order valence-corrected chi connectivity index (χ4v) is 2.39. The Bertz CT molecular complexity index is 232. The number of nitrogens with zero attached hydrogens (tertiary/aromatic N) is 1. The van der Waals surface area contributed by atoms with E-state index >= 15 is 0 Å². The first kappa shape index (κ1) is 9.69. The quantitative estimate of drug-likeness (QED) is 0.356. The van der Waals surface area contributed by atoms with E-state index in [1.807, 2.05) is 0 Å². The lowest BCUT2D eigenvalue weighted by Gasteiger charge is -2.17. The second kappa shape index (κ2) is 3.15. The van der Waals surface area contributed by atoms with Crippen molar-refractivity contribution in [1.29, 1.82) is 0 Å². The highest BCUT2D eigenvalue weighted by Gasteiger charge is 2.54. The topological polar surface area (TPSA) is 80.4 Å². The Morgan fingerprint density at radius 2 is 2.33 bits per heavy atom. The van der Waals surface area contributed by atoms with E-state index in [1.165, 1.54) is 0 Å². The van der Waals surface area contributed by atoms with Crippen molar-refractivity contribution >= 4 is 28.6 Å². The number of nitro groups is 1. The van der Waals surface area contributed by atoms with Gasteiger partial charge in [0.25, 0.3) is 0 Å². The van der Waals surface area contributed by atoms with Crippen molar-refractivity contribution in [1.82, 2.24) is 0 Å². The Balaban J connectivity index is 2.89. The summed E-state index contributed by atoms with van der Waals surface area (Å²) in [6.45, 7) is 0. The number of alkyl halides is 1. The third-order valence-electron chi connectivity index (χ3n) is 2.16. The van der Waals surface area contributed by atoms with Crippen LogP contribution in [0, 0.1) is 10.1 Å². The molecule has 5 nitrogen and oxygen atoms in total. The molecular weight excluding hydrogens is 277 g/mol. The zero-order valence-corrected chi connectivity index (χ0v) is 8.35. The third-order valence-corrected chi connectivity index (χ3v) is 3.88. The van der Waals surface area contributed by atoms with Gasteiger partial charge in [-0.15, -0.1) is 0 Å². The van der Waals surface area contributed by atoms with Crippen molar-refractivity contribution < 1.29 is 14.8 Å². The molecule has 2 unspecified atom stereocenters. The van der Waals surface area contributed by atoms with E-state index in [1.54, 1.807) is 22.6 Å². The molecule has 0 amide bonds. The molecule has 68 valence electrons. The third kappa shape index (κ3) is 1.39. The highest BCUT2D eigenvalue weighted by molar-refractivity contribution is 14.1. The van der Waals surface area contributed by atoms with E-state index in [0.29, 0.717) is 19.3 Å². The Hall–Kier alpha value is -0.400. The fraction of sp³-hybridized carbons (Fsp3) is 0.833. The van der Waals surface area contributed by atoms with Gasteiger partial charge >= 0.3 is 5.97 Å². The molecule has 0 radical (unpaired) electrons. The van der Waals surface area contributed by atoms with E-state index in [4.69, 9.17) is 5.11 Å². The summed E-state index contributed by atoms with van der Waals surface area (Å²) in [6, 6.07) is -0.921. The smallest absolute Gasteiger partial charge is 0.326 e. The number of carbonyl (C=O) groups is 1. The standard InChI is InChI=1S/C6H8INO4/c7-6(5(9)10)3-1-2-4(6)8(11)12/h4H,1-3H2,(H,9,10). The minimum atomic E-state index is -1.18. The fourth-order valence-electron chi connectivity index (χ4n) is 1.47. The first-order valence-electron chi connectivity index (χ1n) is 3.54. The molecule has 0 aromatic rings. The largest absolute Gasteiger partial charge is 0.480 e. The molecule has 12 heavy (non-hydrogen) atoms. The molecule has 0 aliphatic heterocycles. The van der Waals surface area contributed by atoms with Crippen molar-refractivity contribution in [2.45, 2.75) is 28.7 Å². The number of rotatable bonds is 2. The van der Waals surface area contributed by atoms with Crippen molar-refractivity contribution in [3.05, 3.63) is 10.1 Å². The molecule has 0 saturated heterocycles. The highest BCUT2D eigenvalue weighted by atomic mass is 127. The summed E-state index contributed by atoms with van der Waals surface area (Å²) in [5.74, 6) is -1.07. The number of aliphatic carboxylic acids is 1. The summed E-state index contributed by atoms with van der Waals surface area (Å²) in [5, 5.41) is 19.2. The average molecular weight is 285 g/mol. The van der Waals surface area contributed by atoms with Crippen LogP contribution in [0.3, 0.4) is 0 Å². The lowest BCUT2D eigenvalue weighted by molar-refractivity contribution is -0.522. The van der Waals surface area contributed by atoms with Crippen LogP contribution < -0.4 is 0 Å². The van der Waals surface area contributed by atoms with Crippen LogP contribution in [0.25, 0.3) is 0 Å². The molecule has 1 saturated carbocycles. The number of carboxylic acid groups (broad SMARTS) is 1. The predicted octanol–water partition coefficient (Wildman–Crippen LogP) is 1.07. The van der Waals surface area contributed by atoms with Crippen LogP contribution in [0.1, 0.15) is 19.3 Å². The highest BCUT2D eigenvalue weighted by Crippen LogP contribution is 2.40. The molecule has 1 aliphatic carbocycles. The van der Waals surface area contributed by atoms with Crippen LogP contribution >= 0.6 is 22.6 Å². The van der Waals surface area contributed by atoms with Crippen molar-refractivity contribution in [2.75, 3.05) is 0 Å². The molecular formula is C6H8INO4. The minimum Gasteiger partial charge on any atom is -0.480 e. The van der Waals surface area contributed by atoms with Gasteiger partial charge in [0.2, 0.25) is 6.04 Å². The monoisotopic (exact) mass is 285 g/mol. The van der Waals surface area contributed by atoms with Gasteiger partial charge in [0.15, 0.2) is 3.42 Å². The average Bonchev–Trinajstić information content (AvgIpc) is 2.32. The van der Waals surface area contributed by atoms with E-state index in [0.717, 1.165) is 0 Å². The number of hydrogen-bond acceptors (Lipinski definition) is 3. The Labute approximate surface area is 82.4 Å². The SMILES string of the molecule is O=C(O)C1(I)CCCC1[N+](=O)[O-].